The van der Waals surface area contributed by atoms with Gasteiger partial charge in [0.05, 0.1) is 23.5 Å². The molecule has 0 saturated carbocycles. The molecule has 0 saturated heterocycles. The van der Waals surface area contributed by atoms with Crippen LogP contribution in [0.5, 0.6) is 0 Å². The first-order chi connectivity index (χ1) is 21.9. The van der Waals surface area contributed by atoms with Gasteiger partial charge in [-0.1, -0.05) is 36.4 Å². The average Bonchev–Trinajstić information content (AvgIpc) is 3.40. The first-order valence-corrected chi connectivity index (χ1v) is 14.2. The maximum absolute atomic E-state index is 14.2. The predicted octanol–water partition coefficient (Wildman–Crippen LogP) is 5.55. The molecule has 1 N–H and O–H groups in total. The van der Waals surface area contributed by atoms with Crippen LogP contribution in [-0.2, 0) is 22.3 Å². The molecule has 46 heavy (non-hydrogen) atoms. The molecule has 0 bridgehead atoms. The minimum absolute atomic E-state index is 0.0450. The number of benzene rings is 3. The maximum Gasteiger partial charge on any atom is 0.416 e. The molecule has 1 aliphatic rings. The van der Waals surface area contributed by atoms with Gasteiger partial charge in [0.2, 0.25) is 6.41 Å². The van der Waals surface area contributed by atoms with Gasteiger partial charge in [0, 0.05) is 30.6 Å². The van der Waals surface area contributed by atoms with Crippen molar-refractivity contribution in [2.24, 2.45) is 0 Å². The highest BCUT2D eigenvalue weighted by molar-refractivity contribution is 6.05. The Bertz CT molecular complexity index is 1750. The first-order valence-electron chi connectivity index (χ1n) is 14.2. The van der Waals surface area contributed by atoms with Gasteiger partial charge in [-0.25, -0.2) is 9.07 Å². The van der Waals surface area contributed by atoms with Crippen molar-refractivity contribution in [1.29, 1.82) is 0 Å². The number of likely N-dealkylation sites (N-methyl/N-ethyl adjacent to an activating group) is 1. The summed E-state index contributed by atoms with van der Waals surface area (Å²) in [5, 5.41) is 7.46. The zero-order valence-electron chi connectivity index (χ0n) is 25.3. The minimum atomic E-state index is -4.67. The lowest BCUT2D eigenvalue weighted by Gasteiger charge is -2.38. The zero-order chi connectivity index (χ0) is 33.6. The molecule has 1 aliphatic heterocycles. The van der Waals surface area contributed by atoms with Crippen molar-refractivity contribution >= 4 is 24.0 Å². The molecule has 2 unspecified atom stereocenters. The van der Waals surface area contributed by atoms with Crippen LogP contribution < -0.4 is 10.2 Å². The molecule has 3 aromatic carbocycles. The van der Waals surface area contributed by atoms with E-state index in [0.717, 1.165) is 18.2 Å². The van der Waals surface area contributed by atoms with Crippen molar-refractivity contribution in [3.8, 4) is 18.0 Å². The fraction of sp³-hybridized carbons (Fsp3) is 0.235. The Morgan fingerprint density at radius 1 is 1.09 bits per heavy atom. The summed E-state index contributed by atoms with van der Waals surface area (Å²) in [5.74, 6) is -0.207. The molecule has 2 atom stereocenters. The molecule has 12 heteroatoms. The number of rotatable bonds is 8. The van der Waals surface area contributed by atoms with Gasteiger partial charge in [0.25, 0.3) is 11.8 Å². The van der Waals surface area contributed by atoms with Crippen molar-refractivity contribution in [2.45, 2.75) is 38.5 Å². The van der Waals surface area contributed by atoms with Crippen molar-refractivity contribution in [1.82, 2.24) is 20.0 Å². The smallest absolute Gasteiger partial charge is 0.342 e. The minimum Gasteiger partial charge on any atom is -0.342 e. The molecular formula is C34H31F4N5O3. The van der Waals surface area contributed by atoms with Crippen molar-refractivity contribution in [3.05, 3.63) is 113 Å². The van der Waals surface area contributed by atoms with E-state index < -0.39 is 41.3 Å². The van der Waals surface area contributed by atoms with Gasteiger partial charge in [-0.2, -0.15) is 18.3 Å². The molecule has 2 heterocycles. The summed E-state index contributed by atoms with van der Waals surface area (Å²) in [6, 6.07) is 17.0. The topological polar surface area (TPSA) is 87.5 Å². The third-order valence-electron chi connectivity index (χ3n) is 7.27. The normalized spacial score (nSPS) is 15.6. The Morgan fingerprint density at radius 3 is 2.33 bits per heavy atom. The van der Waals surface area contributed by atoms with E-state index >= 15 is 0 Å². The number of anilines is 1. The molecule has 1 aromatic heterocycles. The summed E-state index contributed by atoms with van der Waals surface area (Å²) in [5.41, 5.74) is 0.742. The number of aromatic nitrogens is 2. The van der Waals surface area contributed by atoms with Crippen LogP contribution in [0.25, 0.3) is 5.69 Å². The number of hydrogen-bond acceptors (Lipinski definition) is 4. The highest BCUT2D eigenvalue weighted by atomic mass is 19.4. The highest BCUT2D eigenvalue weighted by Crippen LogP contribution is 2.44. The number of hydrogen-bond donors (Lipinski definition) is 1. The van der Waals surface area contributed by atoms with E-state index in [4.69, 9.17) is 5.10 Å². The summed E-state index contributed by atoms with van der Waals surface area (Å²) in [4.78, 5) is 42.0. The number of terminal acetylenes is 1. The average molecular weight is 634 g/mol. The van der Waals surface area contributed by atoms with Crippen molar-refractivity contribution in [3.63, 3.8) is 0 Å². The summed E-state index contributed by atoms with van der Waals surface area (Å²) in [6.45, 7) is 3.61. The van der Waals surface area contributed by atoms with Gasteiger partial charge in [0.15, 0.2) is 0 Å². The van der Waals surface area contributed by atoms with Crippen LogP contribution in [0.15, 0.2) is 78.9 Å². The van der Waals surface area contributed by atoms with E-state index in [9.17, 15) is 31.9 Å². The Hall–Kier alpha value is -5.44. The van der Waals surface area contributed by atoms with Gasteiger partial charge in [-0.3, -0.25) is 19.3 Å². The molecule has 0 aliphatic carbocycles. The van der Waals surface area contributed by atoms with Crippen molar-refractivity contribution < 1.29 is 31.9 Å². The van der Waals surface area contributed by atoms with E-state index in [-0.39, 0.29) is 18.7 Å². The Balaban J connectivity index is 0.00000154. The maximum atomic E-state index is 14.2. The highest BCUT2D eigenvalue weighted by Gasteiger charge is 2.46. The van der Waals surface area contributed by atoms with E-state index in [2.05, 4.69) is 17.7 Å². The number of carbonyl (C=O) groups excluding carboxylic acids is 3. The van der Waals surface area contributed by atoms with Crippen LogP contribution >= 0.6 is 0 Å². The molecule has 5 rings (SSSR count). The number of nitrogens with one attached hydrogen (secondary N) is 1. The molecule has 3 amide bonds. The Kier molecular flexibility index (Phi) is 10.3. The van der Waals surface area contributed by atoms with Gasteiger partial charge in [-0.05, 0) is 61.9 Å². The molecule has 0 spiro atoms. The standard InChI is InChI=1S/C31H27F4N5O3.C3H4/c1-3-39-29-26(24(17-38(2)18-41)37-40(29)23-10-5-4-6-11-23)25(19-12-14-22(32)15-13-19)27(30(39)43)36-28(42)20-8-7-9-21(16-20)31(33,34)35;1-3-2/h4-16,18,25,27H,3,17H2,1-2H3,(H,36,42);1H,2H3. The molecule has 0 radical (unpaired) electrons. The largest absolute Gasteiger partial charge is 0.416 e. The second-order valence-corrected chi connectivity index (χ2v) is 10.4. The number of fused-ring (bicyclic) bond motifs is 1. The number of halogens is 4. The van der Waals surface area contributed by atoms with Crippen molar-refractivity contribution in [2.75, 3.05) is 18.5 Å². The number of para-hydroxylation sites is 1. The molecule has 8 nitrogen and oxygen atoms in total. The lowest BCUT2D eigenvalue weighted by molar-refractivity contribution is -0.137. The number of amides is 3. The van der Waals surface area contributed by atoms with Gasteiger partial charge >= 0.3 is 6.18 Å². The second-order valence-electron chi connectivity index (χ2n) is 10.4. The van der Waals surface area contributed by atoms with Crippen LogP contribution in [0.2, 0.25) is 0 Å². The van der Waals surface area contributed by atoms with Crippen LogP contribution in [0.1, 0.15) is 52.5 Å². The fourth-order valence-corrected chi connectivity index (χ4v) is 5.31. The number of alkyl halides is 3. The van der Waals surface area contributed by atoms with E-state index in [1.54, 1.807) is 49.8 Å². The summed E-state index contributed by atoms with van der Waals surface area (Å²) >= 11 is 0. The van der Waals surface area contributed by atoms with Crippen LogP contribution in [-0.4, -0.2) is 52.5 Å². The second kappa shape index (κ2) is 14.1. The third-order valence-corrected chi connectivity index (χ3v) is 7.27. The molecule has 238 valence electrons. The lowest BCUT2D eigenvalue weighted by Crippen LogP contribution is -2.55. The monoisotopic (exact) mass is 633 g/mol. The molecule has 4 aromatic rings. The Labute approximate surface area is 263 Å². The van der Waals surface area contributed by atoms with Gasteiger partial charge < -0.3 is 10.2 Å². The van der Waals surface area contributed by atoms with Crippen LogP contribution in [0, 0.1) is 18.2 Å². The summed E-state index contributed by atoms with van der Waals surface area (Å²) < 4.78 is 55.8. The van der Waals surface area contributed by atoms with Crippen LogP contribution in [0.3, 0.4) is 0 Å². The SMILES string of the molecule is C#CC.CCN1C(=O)C(NC(=O)c2cccc(C(F)(F)F)c2)C(c2ccc(F)cc2)c2c(CN(C)C=O)nn(-c3ccccc3)c21. The summed E-state index contributed by atoms with van der Waals surface area (Å²) in [7, 11) is 1.56. The fourth-order valence-electron chi connectivity index (χ4n) is 5.31. The van der Waals surface area contributed by atoms with Gasteiger partial charge in [0.1, 0.15) is 17.7 Å². The van der Waals surface area contributed by atoms with E-state index in [1.165, 1.54) is 40.1 Å². The molecule has 0 fully saturated rings. The number of carbonyl (C=O) groups is 3. The Morgan fingerprint density at radius 2 is 1.74 bits per heavy atom. The first kappa shape index (κ1) is 33.5. The third kappa shape index (κ3) is 6.94. The molecular weight excluding hydrogens is 602 g/mol. The predicted molar refractivity (Wildman–Crippen MR) is 165 cm³/mol. The van der Waals surface area contributed by atoms with Crippen LogP contribution in [0.4, 0.5) is 23.4 Å². The zero-order valence-corrected chi connectivity index (χ0v) is 25.3. The summed E-state index contributed by atoms with van der Waals surface area (Å²) in [6.07, 6.45) is 0.548. The van der Waals surface area contributed by atoms with E-state index in [0.29, 0.717) is 34.7 Å². The quantitative estimate of drug-likeness (QED) is 0.157. The van der Waals surface area contributed by atoms with Gasteiger partial charge in [-0.15, -0.1) is 12.3 Å². The van der Waals surface area contributed by atoms with E-state index in [1.807, 2.05) is 6.07 Å². The lowest BCUT2D eigenvalue weighted by atomic mass is 9.80. The number of nitrogens with zero attached hydrogens (tertiary/aromatic N) is 4.